The first-order chi connectivity index (χ1) is 15.2. The summed E-state index contributed by atoms with van der Waals surface area (Å²) < 4.78 is 16.9. The summed E-state index contributed by atoms with van der Waals surface area (Å²) in [6.45, 7) is 7.82. The zero-order valence-corrected chi connectivity index (χ0v) is 21.8. The largest absolute Gasteiger partial charge is 0.381 e. The van der Waals surface area contributed by atoms with Crippen LogP contribution in [0.2, 0.25) is 0 Å². The lowest BCUT2D eigenvalue weighted by Crippen LogP contribution is -2.36. The molecule has 7 nitrogen and oxygen atoms in total. The number of rotatable bonds is 10. The van der Waals surface area contributed by atoms with Gasteiger partial charge in [-0.15, -0.1) is 24.0 Å². The Hall–Kier alpha value is -1.65. The van der Waals surface area contributed by atoms with Gasteiger partial charge in [-0.25, -0.2) is 0 Å². The molecule has 0 radical (unpaired) electrons. The van der Waals surface area contributed by atoms with Crippen LogP contribution < -0.4 is 10.6 Å². The number of halogens is 1. The Morgan fingerprint density at radius 1 is 1.12 bits per heavy atom. The fraction of sp³-hybridized carbons (Fsp3) is 0.583. The number of aliphatic imine (C=N–C) groups is 1. The first-order valence-corrected chi connectivity index (χ1v) is 11.4. The van der Waals surface area contributed by atoms with Crippen LogP contribution in [-0.4, -0.2) is 37.5 Å². The van der Waals surface area contributed by atoms with Crippen molar-refractivity contribution in [1.82, 2.24) is 15.8 Å². The van der Waals surface area contributed by atoms with E-state index >= 15 is 0 Å². The third-order valence-corrected chi connectivity index (χ3v) is 5.74. The normalized spacial score (nSPS) is 14.9. The highest BCUT2D eigenvalue weighted by Gasteiger charge is 2.14. The van der Waals surface area contributed by atoms with Gasteiger partial charge >= 0.3 is 0 Å². The van der Waals surface area contributed by atoms with Gasteiger partial charge in [-0.2, -0.15) is 0 Å². The molecule has 0 atom stereocenters. The minimum absolute atomic E-state index is 0. The van der Waals surface area contributed by atoms with Crippen molar-refractivity contribution in [3.8, 4) is 0 Å². The summed E-state index contributed by atoms with van der Waals surface area (Å²) in [5, 5.41) is 10.9. The van der Waals surface area contributed by atoms with E-state index in [1.54, 1.807) is 7.05 Å². The second kappa shape index (κ2) is 14.5. The molecule has 178 valence electrons. The van der Waals surface area contributed by atoms with Gasteiger partial charge in [0.1, 0.15) is 0 Å². The molecule has 2 aromatic rings. The molecule has 0 spiro atoms. The third-order valence-electron chi connectivity index (χ3n) is 5.74. The van der Waals surface area contributed by atoms with Crippen LogP contribution in [-0.2, 0) is 29.2 Å². The van der Waals surface area contributed by atoms with Gasteiger partial charge in [0, 0.05) is 38.8 Å². The van der Waals surface area contributed by atoms with Crippen LogP contribution >= 0.6 is 24.0 Å². The molecule has 0 aliphatic carbocycles. The summed E-state index contributed by atoms with van der Waals surface area (Å²) in [6, 6.07) is 10.5. The summed E-state index contributed by atoms with van der Waals surface area (Å²) in [5.41, 5.74) is 3.40. The molecule has 1 fully saturated rings. The number of nitrogens with one attached hydrogen (secondary N) is 2. The fourth-order valence-corrected chi connectivity index (χ4v) is 3.77. The van der Waals surface area contributed by atoms with Crippen LogP contribution in [0.4, 0.5) is 0 Å². The summed E-state index contributed by atoms with van der Waals surface area (Å²) in [5.74, 6) is 2.00. The predicted molar refractivity (Wildman–Crippen MR) is 137 cm³/mol. The minimum atomic E-state index is 0. The maximum Gasteiger partial charge on any atom is 0.191 e. The van der Waals surface area contributed by atoms with Gasteiger partial charge in [-0.3, -0.25) is 4.99 Å². The number of nitrogens with zero attached hydrogens (tertiary/aromatic N) is 2. The minimum Gasteiger partial charge on any atom is -0.381 e. The third kappa shape index (κ3) is 8.37. The van der Waals surface area contributed by atoms with Gasteiger partial charge in [-0.05, 0) is 36.8 Å². The molecule has 1 aliphatic heterocycles. The van der Waals surface area contributed by atoms with Gasteiger partial charge in [0.05, 0.1) is 24.9 Å². The molecule has 1 aromatic carbocycles. The van der Waals surface area contributed by atoms with E-state index < -0.39 is 0 Å². The van der Waals surface area contributed by atoms with Gasteiger partial charge in [0.15, 0.2) is 11.7 Å². The van der Waals surface area contributed by atoms with Crippen LogP contribution in [0.3, 0.4) is 0 Å². The van der Waals surface area contributed by atoms with Crippen molar-refractivity contribution in [3.05, 3.63) is 52.9 Å². The molecule has 0 unspecified atom stereocenters. The summed E-state index contributed by atoms with van der Waals surface area (Å²) in [7, 11) is 1.77. The van der Waals surface area contributed by atoms with Crippen molar-refractivity contribution in [2.45, 2.75) is 71.2 Å². The zero-order chi connectivity index (χ0) is 21.9. The van der Waals surface area contributed by atoms with Gasteiger partial charge in [-0.1, -0.05) is 43.3 Å². The first kappa shape index (κ1) is 26.6. The molecule has 1 aliphatic rings. The SMILES string of the molecule is CCC(CC)c1cc(CNC(=NC)NCc2cccc(COC3CCOCC3)c2)on1.I. The van der Waals surface area contributed by atoms with E-state index in [9.17, 15) is 0 Å². The van der Waals surface area contributed by atoms with Crippen LogP contribution in [0.5, 0.6) is 0 Å². The Morgan fingerprint density at radius 3 is 2.56 bits per heavy atom. The van der Waals surface area contributed by atoms with Crippen molar-refractivity contribution >= 4 is 29.9 Å². The molecule has 2 heterocycles. The highest BCUT2D eigenvalue weighted by atomic mass is 127. The maximum atomic E-state index is 6.04. The molecule has 0 bridgehead atoms. The van der Waals surface area contributed by atoms with E-state index in [1.165, 1.54) is 11.1 Å². The van der Waals surface area contributed by atoms with E-state index in [4.69, 9.17) is 14.0 Å². The van der Waals surface area contributed by atoms with Gasteiger partial charge in [0.25, 0.3) is 0 Å². The number of benzene rings is 1. The Labute approximate surface area is 208 Å². The van der Waals surface area contributed by atoms with E-state index in [0.717, 1.165) is 56.3 Å². The molecule has 0 saturated carbocycles. The Balaban J connectivity index is 0.00000363. The van der Waals surface area contributed by atoms with Crippen molar-refractivity contribution in [2.24, 2.45) is 4.99 Å². The lowest BCUT2D eigenvalue weighted by Gasteiger charge is -2.22. The van der Waals surface area contributed by atoms with E-state index in [0.29, 0.717) is 31.7 Å². The average molecular weight is 556 g/mol. The number of hydrogen-bond acceptors (Lipinski definition) is 5. The monoisotopic (exact) mass is 556 g/mol. The lowest BCUT2D eigenvalue weighted by atomic mass is 9.99. The Kier molecular flexibility index (Phi) is 12.0. The molecule has 0 amide bonds. The van der Waals surface area contributed by atoms with Crippen LogP contribution in [0.1, 0.15) is 68.0 Å². The lowest BCUT2D eigenvalue weighted by molar-refractivity contribution is -0.0390. The number of ether oxygens (including phenoxy) is 2. The molecular weight excluding hydrogens is 519 g/mol. The van der Waals surface area contributed by atoms with E-state index in [-0.39, 0.29) is 24.0 Å². The topological polar surface area (TPSA) is 80.9 Å². The van der Waals surface area contributed by atoms with E-state index in [1.807, 2.05) is 6.07 Å². The fourth-order valence-electron chi connectivity index (χ4n) is 3.77. The molecule has 8 heteroatoms. The summed E-state index contributed by atoms with van der Waals surface area (Å²) in [4.78, 5) is 4.31. The van der Waals surface area contributed by atoms with Crippen LogP contribution in [0.15, 0.2) is 39.8 Å². The van der Waals surface area contributed by atoms with Crippen molar-refractivity contribution in [1.29, 1.82) is 0 Å². The van der Waals surface area contributed by atoms with Gasteiger partial charge < -0.3 is 24.6 Å². The number of aromatic nitrogens is 1. The Morgan fingerprint density at radius 2 is 1.84 bits per heavy atom. The molecule has 2 N–H and O–H groups in total. The first-order valence-electron chi connectivity index (χ1n) is 11.4. The van der Waals surface area contributed by atoms with Crippen LogP contribution in [0.25, 0.3) is 0 Å². The number of hydrogen-bond donors (Lipinski definition) is 2. The maximum absolute atomic E-state index is 6.04. The van der Waals surface area contributed by atoms with Crippen LogP contribution in [0, 0.1) is 0 Å². The molecular formula is C24H37IN4O3. The molecule has 32 heavy (non-hydrogen) atoms. The quantitative estimate of drug-likeness (QED) is 0.250. The van der Waals surface area contributed by atoms with E-state index in [2.05, 4.69) is 58.9 Å². The smallest absolute Gasteiger partial charge is 0.191 e. The van der Waals surface area contributed by atoms with Crippen molar-refractivity contribution in [3.63, 3.8) is 0 Å². The predicted octanol–water partition coefficient (Wildman–Crippen LogP) is 4.76. The highest BCUT2D eigenvalue weighted by Crippen LogP contribution is 2.22. The second-order valence-electron chi connectivity index (χ2n) is 7.95. The molecule has 1 saturated heterocycles. The molecule has 1 aromatic heterocycles. The number of guanidine groups is 1. The average Bonchev–Trinajstić information content (AvgIpc) is 3.28. The summed E-state index contributed by atoms with van der Waals surface area (Å²) in [6.07, 6.45) is 4.40. The van der Waals surface area contributed by atoms with Crippen molar-refractivity contribution < 1.29 is 14.0 Å². The van der Waals surface area contributed by atoms with Gasteiger partial charge in [0.2, 0.25) is 0 Å². The standard InChI is InChI=1S/C24H36N4O3.HI/c1-4-20(5-2)23-14-22(31-28-23)16-27-24(25-3)26-15-18-7-6-8-19(13-18)17-30-21-9-11-29-12-10-21;/h6-8,13-14,20-21H,4-5,9-12,15-17H2,1-3H3,(H2,25,26,27);1H. The zero-order valence-electron chi connectivity index (χ0n) is 19.4. The van der Waals surface area contributed by atoms with Crippen molar-refractivity contribution in [2.75, 3.05) is 20.3 Å². The second-order valence-corrected chi connectivity index (χ2v) is 7.95. The Bertz CT molecular complexity index is 817. The summed E-state index contributed by atoms with van der Waals surface area (Å²) >= 11 is 0. The molecule has 3 rings (SSSR count). The highest BCUT2D eigenvalue weighted by molar-refractivity contribution is 14.0.